The van der Waals surface area contributed by atoms with E-state index in [2.05, 4.69) is 5.32 Å². The molecule has 0 aliphatic carbocycles. The van der Waals surface area contributed by atoms with Crippen LogP contribution in [0.3, 0.4) is 0 Å². The number of rotatable bonds is 3. The van der Waals surface area contributed by atoms with E-state index in [4.69, 9.17) is 19.9 Å². The van der Waals surface area contributed by atoms with Gasteiger partial charge in [-0.25, -0.2) is 0 Å². The number of carbonyl (C=O) groups is 1. The fourth-order valence-electron chi connectivity index (χ4n) is 2.23. The van der Waals surface area contributed by atoms with Crippen molar-refractivity contribution in [2.45, 2.75) is 6.42 Å². The largest absolute Gasteiger partial charge is 0.454 e. The van der Waals surface area contributed by atoms with Crippen LogP contribution in [0.4, 0.5) is 5.69 Å². The standard InChI is InChI=1S/C13H16N2O4/c14-10-4-12-11(18-7-19-12)3-9(10)13(16)15-5-8-1-2-17-6-8/h3-4,8H,1-2,5-7,14H2,(H,15,16). The number of anilines is 1. The lowest BCUT2D eigenvalue weighted by atomic mass is 10.1. The van der Waals surface area contributed by atoms with Crippen molar-refractivity contribution in [2.75, 3.05) is 32.3 Å². The number of nitrogens with one attached hydrogen (secondary N) is 1. The van der Waals surface area contributed by atoms with E-state index < -0.39 is 0 Å². The van der Waals surface area contributed by atoms with Gasteiger partial charge in [-0.15, -0.1) is 0 Å². The summed E-state index contributed by atoms with van der Waals surface area (Å²) in [5.41, 5.74) is 6.67. The molecule has 6 heteroatoms. The number of nitrogen functional groups attached to an aromatic ring is 1. The molecule has 0 saturated carbocycles. The van der Waals surface area contributed by atoms with E-state index >= 15 is 0 Å². The molecule has 0 bridgehead atoms. The fraction of sp³-hybridized carbons (Fsp3) is 0.462. The van der Waals surface area contributed by atoms with Gasteiger partial charge in [0.2, 0.25) is 6.79 Å². The predicted octanol–water partition coefficient (Wildman–Crippen LogP) is 0.764. The molecule has 2 aliphatic rings. The van der Waals surface area contributed by atoms with Crippen molar-refractivity contribution in [3.05, 3.63) is 17.7 Å². The van der Waals surface area contributed by atoms with Crippen LogP contribution in [0.15, 0.2) is 12.1 Å². The Kier molecular flexibility index (Phi) is 3.16. The van der Waals surface area contributed by atoms with Crippen LogP contribution in [0.2, 0.25) is 0 Å². The van der Waals surface area contributed by atoms with Gasteiger partial charge in [-0.3, -0.25) is 4.79 Å². The van der Waals surface area contributed by atoms with Gasteiger partial charge in [0.05, 0.1) is 12.2 Å². The molecule has 1 aromatic rings. The van der Waals surface area contributed by atoms with Gasteiger partial charge in [-0.05, 0) is 12.5 Å². The molecule has 0 spiro atoms. The van der Waals surface area contributed by atoms with E-state index in [-0.39, 0.29) is 12.7 Å². The first-order valence-electron chi connectivity index (χ1n) is 6.29. The van der Waals surface area contributed by atoms with Crippen LogP contribution < -0.4 is 20.5 Å². The molecule has 0 aromatic heterocycles. The summed E-state index contributed by atoms with van der Waals surface area (Å²) in [7, 11) is 0. The molecule has 1 fully saturated rings. The van der Waals surface area contributed by atoms with E-state index in [1.54, 1.807) is 12.1 Å². The zero-order valence-electron chi connectivity index (χ0n) is 10.5. The van der Waals surface area contributed by atoms with Gasteiger partial charge in [0.1, 0.15) is 0 Å². The second-order valence-electron chi connectivity index (χ2n) is 4.73. The predicted molar refractivity (Wildman–Crippen MR) is 68.2 cm³/mol. The van der Waals surface area contributed by atoms with Crippen molar-refractivity contribution < 1.29 is 19.0 Å². The normalized spacial score (nSPS) is 20.5. The van der Waals surface area contributed by atoms with E-state index in [1.165, 1.54) is 0 Å². The van der Waals surface area contributed by atoms with Gasteiger partial charge in [-0.1, -0.05) is 0 Å². The lowest BCUT2D eigenvalue weighted by Gasteiger charge is -2.11. The lowest BCUT2D eigenvalue weighted by molar-refractivity contribution is 0.0945. The molecule has 1 amide bonds. The van der Waals surface area contributed by atoms with Gasteiger partial charge in [0, 0.05) is 30.8 Å². The highest BCUT2D eigenvalue weighted by molar-refractivity contribution is 6.00. The Morgan fingerprint density at radius 2 is 2.16 bits per heavy atom. The summed E-state index contributed by atoms with van der Waals surface area (Å²) in [6.07, 6.45) is 0.983. The number of carbonyl (C=O) groups excluding carboxylic acids is 1. The van der Waals surface area contributed by atoms with Gasteiger partial charge in [0.15, 0.2) is 11.5 Å². The molecule has 2 heterocycles. The molecule has 0 radical (unpaired) electrons. The smallest absolute Gasteiger partial charge is 0.253 e. The Balaban J connectivity index is 1.69. The molecule has 2 aliphatic heterocycles. The number of fused-ring (bicyclic) bond motifs is 1. The summed E-state index contributed by atoms with van der Waals surface area (Å²) in [5, 5.41) is 2.88. The molecule has 1 unspecified atom stereocenters. The van der Waals surface area contributed by atoms with Crippen molar-refractivity contribution >= 4 is 11.6 Å². The lowest BCUT2D eigenvalue weighted by Crippen LogP contribution is -2.30. The highest BCUT2D eigenvalue weighted by Crippen LogP contribution is 2.35. The molecular formula is C13H16N2O4. The summed E-state index contributed by atoms with van der Waals surface area (Å²) in [5.74, 6) is 1.34. The third-order valence-electron chi connectivity index (χ3n) is 3.36. The van der Waals surface area contributed by atoms with Crippen LogP contribution in [0, 0.1) is 5.92 Å². The molecular weight excluding hydrogens is 248 g/mol. The number of nitrogens with two attached hydrogens (primary N) is 1. The van der Waals surface area contributed by atoms with E-state index in [1.807, 2.05) is 0 Å². The maximum atomic E-state index is 12.1. The Bertz CT molecular complexity index is 498. The molecule has 1 saturated heterocycles. The third-order valence-corrected chi connectivity index (χ3v) is 3.36. The van der Waals surface area contributed by atoms with E-state index in [0.717, 1.165) is 13.0 Å². The molecule has 6 nitrogen and oxygen atoms in total. The topological polar surface area (TPSA) is 82.8 Å². The van der Waals surface area contributed by atoms with Crippen LogP contribution in [0.5, 0.6) is 11.5 Å². The zero-order valence-corrected chi connectivity index (χ0v) is 10.5. The Labute approximate surface area is 110 Å². The Hall–Kier alpha value is -1.95. The first-order valence-corrected chi connectivity index (χ1v) is 6.29. The van der Waals surface area contributed by atoms with Crippen molar-refractivity contribution in [2.24, 2.45) is 5.92 Å². The summed E-state index contributed by atoms with van der Waals surface area (Å²) in [4.78, 5) is 12.1. The second-order valence-corrected chi connectivity index (χ2v) is 4.73. The van der Waals surface area contributed by atoms with Crippen LogP contribution in [-0.2, 0) is 4.74 Å². The van der Waals surface area contributed by atoms with Crippen molar-refractivity contribution in [1.82, 2.24) is 5.32 Å². The van der Waals surface area contributed by atoms with Gasteiger partial charge >= 0.3 is 0 Å². The number of hydrogen-bond acceptors (Lipinski definition) is 5. The minimum Gasteiger partial charge on any atom is -0.454 e. The zero-order chi connectivity index (χ0) is 13.2. The molecule has 102 valence electrons. The van der Waals surface area contributed by atoms with Crippen molar-refractivity contribution in [3.63, 3.8) is 0 Å². The van der Waals surface area contributed by atoms with E-state index in [9.17, 15) is 4.79 Å². The number of hydrogen-bond donors (Lipinski definition) is 2. The molecule has 1 atom stereocenters. The number of benzene rings is 1. The minimum absolute atomic E-state index is 0.166. The quantitative estimate of drug-likeness (QED) is 0.788. The maximum Gasteiger partial charge on any atom is 0.253 e. The second kappa shape index (κ2) is 4.97. The van der Waals surface area contributed by atoms with Gasteiger partial charge in [0.25, 0.3) is 5.91 Å². The average Bonchev–Trinajstić information content (AvgIpc) is 3.05. The Morgan fingerprint density at radius 1 is 1.37 bits per heavy atom. The molecule has 19 heavy (non-hydrogen) atoms. The minimum atomic E-state index is -0.192. The molecule has 3 N–H and O–H groups in total. The average molecular weight is 264 g/mol. The van der Waals surface area contributed by atoms with E-state index in [0.29, 0.717) is 41.8 Å². The van der Waals surface area contributed by atoms with Crippen LogP contribution >= 0.6 is 0 Å². The first kappa shape index (κ1) is 12.1. The summed E-state index contributed by atoms with van der Waals surface area (Å²) < 4.78 is 15.7. The summed E-state index contributed by atoms with van der Waals surface area (Å²) in [6, 6.07) is 3.24. The number of amides is 1. The van der Waals surface area contributed by atoms with Crippen LogP contribution in [0.25, 0.3) is 0 Å². The number of ether oxygens (including phenoxy) is 3. The van der Waals surface area contributed by atoms with Crippen LogP contribution in [-0.4, -0.2) is 32.5 Å². The molecule has 1 aromatic carbocycles. The Morgan fingerprint density at radius 3 is 2.89 bits per heavy atom. The highest BCUT2D eigenvalue weighted by atomic mass is 16.7. The molecule has 3 rings (SSSR count). The monoisotopic (exact) mass is 264 g/mol. The summed E-state index contributed by atoms with van der Waals surface area (Å²) in [6.45, 7) is 2.25. The van der Waals surface area contributed by atoms with Gasteiger partial charge in [-0.2, -0.15) is 0 Å². The fourth-order valence-corrected chi connectivity index (χ4v) is 2.23. The van der Waals surface area contributed by atoms with Gasteiger partial charge < -0.3 is 25.3 Å². The summed E-state index contributed by atoms with van der Waals surface area (Å²) >= 11 is 0. The first-order chi connectivity index (χ1) is 9.24. The van der Waals surface area contributed by atoms with Crippen molar-refractivity contribution in [1.29, 1.82) is 0 Å². The van der Waals surface area contributed by atoms with Crippen molar-refractivity contribution in [3.8, 4) is 11.5 Å². The maximum absolute atomic E-state index is 12.1. The highest BCUT2D eigenvalue weighted by Gasteiger charge is 2.21. The third kappa shape index (κ3) is 2.44. The van der Waals surface area contributed by atoms with Crippen LogP contribution in [0.1, 0.15) is 16.8 Å². The SMILES string of the molecule is Nc1cc2c(cc1C(=O)NCC1CCOC1)OCO2.